The van der Waals surface area contributed by atoms with Gasteiger partial charge in [-0.15, -0.1) is 0 Å². The Hall–Kier alpha value is -1.28. The third-order valence-electron chi connectivity index (χ3n) is 3.83. The molecule has 2 heteroatoms. The third-order valence-corrected chi connectivity index (χ3v) is 3.83. The topological polar surface area (TPSA) is 40.5 Å². The summed E-state index contributed by atoms with van der Waals surface area (Å²) in [6.07, 6.45) is 13.0. The van der Waals surface area contributed by atoms with E-state index in [9.17, 15) is 10.2 Å². The van der Waals surface area contributed by atoms with Gasteiger partial charge in [-0.3, -0.25) is 0 Å². The molecule has 0 spiro atoms. The number of aliphatic hydroxyl groups excluding tert-OH is 2. The molecule has 2 nitrogen and oxygen atoms in total. The lowest BCUT2D eigenvalue weighted by molar-refractivity contribution is 0.222. The minimum absolute atomic E-state index is 0.0321. The van der Waals surface area contributed by atoms with Crippen molar-refractivity contribution in [1.29, 1.82) is 0 Å². The highest BCUT2D eigenvalue weighted by atomic mass is 16.3. The zero-order valence-electron chi connectivity index (χ0n) is 10.4. The molecule has 0 heterocycles. The highest BCUT2D eigenvalue weighted by Crippen LogP contribution is 2.41. The maximum atomic E-state index is 9.45. The maximum Gasteiger partial charge on any atom is 0.111 e. The van der Waals surface area contributed by atoms with E-state index in [0.29, 0.717) is 18.1 Å². The van der Waals surface area contributed by atoms with E-state index in [-0.39, 0.29) is 11.5 Å². The molecule has 17 heavy (non-hydrogen) atoms. The molecular weight excluding hydrogens is 212 g/mol. The van der Waals surface area contributed by atoms with Crippen LogP contribution in [0.15, 0.2) is 47.8 Å². The predicted octanol–water partition coefficient (Wildman–Crippen LogP) is 3.28. The first-order chi connectivity index (χ1) is 8.00. The van der Waals surface area contributed by atoms with Gasteiger partial charge in [-0.2, -0.15) is 0 Å². The zero-order chi connectivity index (χ0) is 12.5. The van der Waals surface area contributed by atoms with E-state index in [4.69, 9.17) is 0 Å². The van der Waals surface area contributed by atoms with E-state index in [2.05, 4.69) is 26.0 Å². The van der Waals surface area contributed by atoms with Gasteiger partial charge in [0.1, 0.15) is 5.76 Å². The number of aliphatic hydroxyl groups is 2. The second kappa shape index (κ2) is 4.53. The van der Waals surface area contributed by atoms with Crippen LogP contribution < -0.4 is 0 Å². The minimum atomic E-state index is -0.333. The van der Waals surface area contributed by atoms with Gasteiger partial charge >= 0.3 is 0 Å². The van der Waals surface area contributed by atoms with Crippen molar-refractivity contribution in [3.8, 4) is 0 Å². The molecule has 2 aliphatic carbocycles. The van der Waals surface area contributed by atoms with Gasteiger partial charge in [0.15, 0.2) is 0 Å². The maximum absolute atomic E-state index is 9.45. The van der Waals surface area contributed by atoms with Crippen LogP contribution in [0, 0.1) is 11.3 Å². The fourth-order valence-electron chi connectivity index (χ4n) is 2.45. The number of rotatable bonds is 2. The molecular formula is C15H20O2. The van der Waals surface area contributed by atoms with Crippen molar-refractivity contribution >= 4 is 0 Å². The molecule has 92 valence electrons. The van der Waals surface area contributed by atoms with Gasteiger partial charge in [0.2, 0.25) is 0 Å². The van der Waals surface area contributed by atoms with Crippen molar-refractivity contribution in [1.82, 2.24) is 0 Å². The molecule has 0 radical (unpaired) electrons. The summed E-state index contributed by atoms with van der Waals surface area (Å²) in [5.74, 6) is 0.755. The minimum Gasteiger partial charge on any atom is -0.508 e. The lowest BCUT2D eigenvalue weighted by Gasteiger charge is -2.35. The van der Waals surface area contributed by atoms with Crippen molar-refractivity contribution in [3.05, 3.63) is 47.8 Å². The molecule has 0 bridgehead atoms. The van der Waals surface area contributed by atoms with E-state index in [1.165, 1.54) is 5.57 Å². The first kappa shape index (κ1) is 12.2. The summed E-state index contributed by atoms with van der Waals surface area (Å²) in [4.78, 5) is 0. The van der Waals surface area contributed by atoms with Crippen LogP contribution in [0.4, 0.5) is 0 Å². The van der Waals surface area contributed by atoms with Gasteiger partial charge in [-0.25, -0.2) is 0 Å². The van der Waals surface area contributed by atoms with Crippen LogP contribution in [0.5, 0.6) is 0 Å². The Labute approximate surface area is 103 Å². The first-order valence-corrected chi connectivity index (χ1v) is 6.14. The van der Waals surface area contributed by atoms with Crippen molar-refractivity contribution in [2.45, 2.75) is 32.8 Å². The Morgan fingerprint density at radius 3 is 2.41 bits per heavy atom. The third kappa shape index (κ3) is 2.52. The summed E-state index contributed by atoms with van der Waals surface area (Å²) in [7, 11) is 0. The molecule has 0 aliphatic heterocycles. The SMILES string of the molecule is CC(C)(C1=CCC(O)C=C1)C1C=CC(O)=CC1. The Morgan fingerprint density at radius 1 is 1.12 bits per heavy atom. The van der Waals surface area contributed by atoms with Gasteiger partial charge in [0, 0.05) is 0 Å². The summed E-state index contributed by atoms with van der Waals surface area (Å²) in [5, 5.41) is 18.8. The van der Waals surface area contributed by atoms with Gasteiger partial charge in [-0.1, -0.05) is 38.2 Å². The monoisotopic (exact) mass is 232 g/mol. The van der Waals surface area contributed by atoms with Crippen molar-refractivity contribution in [2.75, 3.05) is 0 Å². The molecule has 2 rings (SSSR count). The molecule has 0 fully saturated rings. The standard InChI is InChI=1S/C15H20O2/c1-15(2,11-3-7-13(16)8-4-11)12-5-9-14(17)10-6-12/h3-5,7,9-10,12-13,16-17H,6,8H2,1-2H3. The molecule has 2 N–H and O–H groups in total. The fraction of sp³-hybridized carbons (Fsp3) is 0.467. The lowest BCUT2D eigenvalue weighted by Crippen LogP contribution is -2.26. The average molecular weight is 232 g/mol. The summed E-state index contributed by atoms with van der Waals surface area (Å²) < 4.78 is 0. The van der Waals surface area contributed by atoms with Crippen LogP contribution in [0.2, 0.25) is 0 Å². The molecule has 0 aromatic rings. The molecule has 0 saturated heterocycles. The Bertz CT molecular complexity index is 411. The lowest BCUT2D eigenvalue weighted by atomic mass is 9.69. The van der Waals surface area contributed by atoms with E-state index in [1.54, 1.807) is 6.08 Å². The summed E-state index contributed by atoms with van der Waals surface area (Å²) >= 11 is 0. The number of hydrogen-bond acceptors (Lipinski definition) is 2. The first-order valence-electron chi connectivity index (χ1n) is 6.14. The van der Waals surface area contributed by atoms with Gasteiger partial charge < -0.3 is 10.2 Å². The van der Waals surface area contributed by atoms with Gasteiger partial charge in [0.05, 0.1) is 6.10 Å². The predicted molar refractivity (Wildman–Crippen MR) is 69.6 cm³/mol. The molecule has 0 aromatic carbocycles. The van der Waals surface area contributed by atoms with Crippen LogP contribution in [0.3, 0.4) is 0 Å². The number of hydrogen-bond donors (Lipinski definition) is 2. The quantitative estimate of drug-likeness (QED) is 0.767. The van der Waals surface area contributed by atoms with E-state index in [0.717, 1.165) is 6.42 Å². The summed E-state index contributed by atoms with van der Waals surface area (Å²) in [5.41, 5.74) is 1.30. The van der Waals surface area contributed by atoms with Crippen LogP contribution in [-0.4, -0.2) is 16.3 Å². The van der Waals surface area contributed by atoms with Gasteiger partial charge in [0.25, 0.3) is 0 Å². The average Bonchev–Trinajstić information content (AvgIpc) is 2.30. The second-order valence-electron chi connectivity index (χ2n) is 5.37. The van der Waals surface area contributed by atoms with Crippen molar-refractivity contribution < 1.29 is 10.2 Å². The Morgan fingerprint density at radius 2 is 1.88 bits per heavy atom. The summed E-state index contributed by atoms with van der Waals surface area (Å²) in [6.45, 7) is 4.43. The van der Waals surface area contributed by atoms with E-state index in [1.807, 2.05) is 18.2 Å². The van der Waals surface area contributed by atoms with Crippen molar-refractivity contribution in [2.24, 2.45) is 11.3 Å². The zero-order valence-corrected chi connectivity index (χ0v) is 10.4. The molecule has 0 saturated carbocycles. The van der Waals surface area contributed by atoms with Crippen LogP contribution >= 0.6 is 0 Å². The molecule has 2 aliphatic rings. The fourth-order valence-corrected chi connectivity index (χ4v) is 2.45. The van der Waals surface area contributed by atoms with Gasteiger partial charge in [-0.05, 0) is 41.9 Å². The highest BCUT2D eigenvalue weighted by Gasteiger charge is 2.31. The van der Waals surface area contributed by atoms with Crippen LogP contribution in [-0.2, 0) is 0 Å². The largest absolute Gasteiger partial charge is 0.508 e. The molecule has 0 amide bonds. The highest BCUT2D eigenvalue weighted by molar-refractivity contribution is 5.33. The molecule has 2 unspecified atom stereocenters. The van der Waals surface area contributed by atoms with Crippen LogP contribution in [0.1, 0.15) is 26.7 Å². The second-order valence-corrected chi connectivity index (χ2v) is 5.37. The van der Waals surface area contributed by atoms with E-state index >= 15 is 0 Å². The summed E-state index contributed by atoms with van der Waals surface area (Å²) in [6, 6.07) is 0. The van der Waals surface area contributed by atoms with E-state index < -0.39 is 0 Å². The number of allylic oxidation sites excluding steroid dienone is 5. The molecule has 2 atom stereocenters. The Kier molecular flexibility index (Phi) is 3.25. The van der Waals surface area contributed by atoms with Crippen molar-refractivity contribution in [3.63, 3.8) is 0 Å². The normalized spacial score (nSPS) is 28.9. The molecule has 0 aromatic heterocycles. The smallest absolute Gasteiger partial charge is 0.111 e. The van der Waals surface area contributed by atoms with Crippen LogP contribution in [0.25, 0.3) is 0 Å². The Balaban J connectivity index is 2.15.